The quantitative estimate of drug-likeness (QED) is 0.811. The van der Waals surface area contributed by atoms with Crippen LogP contribution in [0.1, 0.15) is 24.2 Å². The molecule has 0 spiro atoms. The van der Waals surface area contributed by atoms with Crippen LogP contribution in [0.15, 0.2) is 18.2 Å². The van der Waals surface area contributed by atoms with Crippen molar-refractivity contribution in [3.8, 4) is 5.75 Å². The minimum absolute atomic E-state index is 0.104. The van der Waals surface area contributed by atoms with Crippen LogP contribution in [0.2, 0.25) is 0 Å². The summed E-state index contributed by atoms with van der Waals surface area (Å²) in [6, 6.07) is 3.49. The maximum absolute atomic E-state index is 13.2. The first kappa shape index (κ1) is 14.4. The van der Waals surface area contributed by atoms with Gasteiger partial charge in [-0.1, -0.05) is 13.8 Å². The molecule has 0 unspecified atom stereocenters. The third kappa shape index (κ3) is 4.33. The van der Waals surface area contributed by atoms with Crippen molar-refractivity contribution in [1.29, 1.82) is 0 Å². The largest absolute Gasteiger partial charge is 0.492 e. The van der Waals surface area contributed by atoms with Gasteiger partial charge >= 0.3 is 5.97 Å². The minimum atomic E-state index is -1.16. The predicted octanol–water partition coefficient (Wildman–Crippen LogP) is 2.24. The third-order valence-electron chi connectivity index (χ3n) is 2.69. The maximum atomic E-state index is 13.2. The molecule has 5 heteroatoms. The summed E-state index contributed by atoms with van der Waals surface area (Å²) in [6.07, 6.45) is 0. The zero-order chi connectivity index (χ0) is 13.5. The summed E-state index contributed by atoms with van der Waals surface area (Å²) in [7, 11) is 0. The SMILES string of the molecule is CCN(CC)CCOc1cc(F)cc(C(=O)O)c1. The van der Waals surface area contributed by atoms with E-state index >= 15 is 0 Å². The lowest BCUT2D eigenvalue weighted by Crippen LogP contribution is -2.27. The molecule has 0 amide bonds. The van der Waals surface area contributed by atoms with E-state index in [0.29, 0.717) is 6.61 Å². The molecule has 18 heavy (non-hydrogen) atoms. The lowest BCUT2D eigenvalue weighted by atomic mass is 10.2. The van der Waals surface area contributed by atoms with Crippen LogP contribution in [0.5, 0.6) is 5.75 Å². The molecule has 0 radical (unpaired) electrons. The lowest BCUT2D eigenvalue weighted by molar-refractivity contribution is 0.0695. The fourth-order valence-corrected chi connectivity index (χ4v) is 1.60. The highest BCUT2D eigenvalue weighted by Gasteiger charge is 2.08. The van der Waals surface area contributed by atoms with E-state index in [0.717, 1.165) is 25.7 Å². The van der Waals surface area contributed by atoms with Crippen LogP contribution < -0.4 is 4.74 Å². The van der Waals surface area contributed by atoms with Gasteiger partial charge in [-0.15, -0.1) is 0 Å². The van der Waals surface area contributed by atoms with Crippen molar-refractivity contribution in [2.24, 2.45) is 0 Å². The van der Waals surface area contributed by atoms with Crippen LogP contribution >= 0.6 is 0 Å². The van der Waals surface area contributed by atoms with Gasteiger partial charge in [0.05, 0.1) is 5.56 Å². The minimum Gasteiger partial charge on any atom is -0.492 e. The van der Waals surface area contributed by atoms with Crippen molar-refractivity contribution >= 4 is 5.97 Å². The molecule has 0 saturated heterocycles. The molecular weight excluding hydrogens is 237 g/mol. The molecule has 1 aromatic carbocycles. The van der Waals surface area contributed by atoms with E-state index in [2.05, 4.69) is 4.90 Å². The fourth-order valence-electron chi connectivity index (χ4n) is 1.60. The summed E-state index contributed by atoms with van der Waals surface area (Å²) < 4.78 is 18.5. The number of rotatable bonds is 7. The number of nitrogens with zero attached hydrogens (tertiary/aromatic N) is 1. The van der Waals surface area contributed by atoms with E-state index in [1.807, 2.05) is 13.8 Å². The Balaban J connectivity index is 2.59. The molecule has 0 saturated carbocycles. The van der Waals surface area contributed by atoms with Gasteiger partial charge in [0.15, 0.2) is 0 Å². The van der Waals surface area contributed by atoms with Gasteiger partial charge in [0.25, 0.3) is 0 Å². The van der Waals surface area contributed by atoms with Gasteiger partial charge < -0.3 is 14.7 Å². The highest BCUT2D eigenvalue weighted by Crippen LogP contribution is 2.16. The molecule has 0 aliphatic rings. The van der Waals surface area contributed by atoms with Gasteiger partial charge in [-0.3, -0.25) is 0 Å². The van der Waals surface area contributed by atoms with E-state index in [1.54, 1.807) is 0 Å². The summed E-state index contributed by atoms with van der Waals surface area (Å²) in [5.41, 5.74) is -0.104. The summed E-state index contributed by atoms with van der Waals surface area (Å²) in [5.74, 6) is -1.52. The standard InChI is InChI=1S/C13H18FNO3/c1-3-15(4-2)5-6-18-12-8-10(13(16)17)7-11(14)9-12/h7-9H,3-6H2,1-2H3,(H,16,17). The second kappa shape index (κ2) is 6.96. The van der Waals surface area contributed by atoms with Crippen LogP contribution in [-0.2, 0) is 0 Å². The number of benzene rings is 1. The van der Waals surface area contributed by atoms with E-state index < -0.39 is 11.8 Å². The normalized spacial score (nSPS) is 10.7. The van der Waals surface area contributed by atoms with E-state index in [4.69, 9.17) is 9.84 Å². The Hall–Kier alpha value is -1.62. The van der Waals surface area contributed by atoms with Gasteiger partial charge in [-0.05, 0) is 25.2 Å². The highest BCUT2D eigenvalue weighted by atomic mass is 19.1. The first-order valence-corrected chi connectivity index (χ1v) is 5.95. The van der Waals surface area contributed by atoms with Crippen molar-refractivity contribution in [2.75, 3.05) is 26.2 Å². The molecule has 0 aliphatic heterocycles. The molecule has 0 aromatic heterocycles. The van der Waals surface area contributed by atoms with E-state index in [-0.39, 0.29) is 11.3 Å². The number of aromatic carboxylic acids is 1. The molecule has 0 bridgehead atoms. The molecule has 1 N–H and O–H groups in total. The first-order valence-electron chi connectivity index (χ1n) is 5.95. The number of carbonyl (C=O) groups is 1. The molecule has 0 fully saturated rings. The van der Waals surface area contributed by atoms with Crippen LogP contribution in [0.4, 0.5) is 4.39 Å². The van der Waals surface area contributed by atoms with Crippen molar-refractivity contribution < 1.29 is 19.0 Å². The molecule has 4 nitrogen and oxygen atoms in total. The van der Waals surface area contributed by atoms with Crippen molar-refractivity contribution in [2.45, 2.75) is 13.8 Å². The van der Waals surface area contributed by atoms with Crippen LogP contribution in [0, 0.1) is 5.82 Å². The Morgan fingerprint density at radius 3 is 2.56 bits per heavy atom. The summed E-state index contributed by atoms with van der Waals surface area (Å²) in [5, 5.41) is 8.79. The van der Waals surface area contributed by atoms with Crippen LogP contribution in [0.3, 0.4) is 0 Å². The number of hydrogen-bond acceptors (Lipinski definition) is 3. The van der Waals surface area contributed by atoms with Crippen molar-refractivity contribution in [3.05, 3.63) is 29.6 Å². The van der Waals surface area contributed by atoms with Crippen molar-refractivity contribution in [3.63, 3.8) is 0 Å². The zero-order valence-electron chi connectivity index (χ0n) is 10.6. The van der Waals surface area contributed by atoms with E-state index in [9.17, 15) is 9.18 Å². The number of carboxylic acid groups (broad SMARTS) is 1. The van der Waals surface area contributed by atoms with Gasteiger partial charge in [-0.25, -0.2) is 9.18 Å². The Morgan fingerprint density at radius 1 is 1.33 bits per heavy atom. The predicted molar refractivity (Wildman–Crippen MR) is 66.6 cm³/mol. The Bertz CT molecular complexity index is 405. The molecule has 1 rings (SSSR count). The average molecular weight is 255 g/mol. The third-order valence-corrected chi connectivity index (χ3v) is 2.69. The molecular formula is C13H18FNO3. The number of likely N-dealkylation sites (N-methyl/N-ethyl adjacent to an activating group) is 1. The Labute approximate surface area is 106 Å². The summed E-state index contributed by atoms with van der Waals surface area (Å²) in [4.78, 5) is 12.9. The molecule has 0 heterocycles. The summed E-state index contributed by atoms with van der Waals surface area (Å²) in [6.45, 7) is 7.07. The Morgan fingerprint density at radius 2 is 2.00 bits per heavy atom. The number of carboxylic acids is 1. The summed E-state index contributed by atoms with van der Waals surface area (Å²) >= 11 is 0. The number of ether oxygens (including phenoxy) is 1. The monoisotopic (exact) mass is 255 g/mol. The second-order valence-electron chi connectivity index (χ2n) is 3.86. The molecule has 0 aliphatic carbocycles. The molecule has 1 aromatic rings. The van der Waals surface area contributed by atoms with Gasteiger partial charge in [-0.2, -0.15) is 0 Å². The topological polar surface area (TPSA) is 49.8 Å². The van der Waals surface area contributed by atoms with Gasteiger partial charge in [0.2, 0.25) is 0 Å². The molecule has 100 valence electrons. The average Bonchev–Trinajstić information content (AvgIpc) is 2.34. The Kier molecular flexibility index (Phi) is 5.58. The second-order valence-corrected chi connectivity index (χ2v) is 3.86. The fraction of sp³-hybridized carbons (Fsp3) is 0.462. The number of hydrogen-bond donors (Lipinski definition) is 1. The van der Waals surface area contributed by atoms with Crippen LogP contribution in [-0.4, -0.2) is 42.2 Å². The first-order chi connectivity index (χ1) is 8.56. The highest BCUT2D eigenvalue weighted by molar-refractivity contribution is 5.88. The van der Waals surface area contributed by atoms with Crippen LogP contribution in [0.25, 0.3) is 0 Å². The van der Waals surface area contributed by atoms with Crippen molar-refractivity contribution in [1.82, 2.24) is 4.90 Å². The van der Waals surface area contributed by atoms with E-state index in [1.165, 1.54) is 12.1 Å². The zero-order valence-corrected chi connectivity index (χ0v) is 10.6. The van der Waals surface area contributed by atoms with Gasteiger partial charge in [0.1, 0.15) is 18.2 Å². The number of halogens is 1. The molecule has 0 atom stereocenters. The van der Waals surface area contributed by atoms with Gasteiger partial charge in [0, 0.05) is 12.6 Å². The lowest BCUT2D eigenvalue weighted by Gasteiger charge is -2.18. The smallest absolute Gasteiger partial charge is 0.335 e. The maximum Gasteiger partial charge on any atom is 0.335 e.